The van der Waals surface area contributed by atoms with Crippen LogP contribution in [0.3, 0.4) is 0 Å². The lowest BCUT2D eigenvalue weighted by atomic mass is 9.93. The fourth-order valence-corrected chi connectivity index (χ4v) is 9.33. The predicted molar refractivity (Wildman–Crippen MR) is 233 cm³/mol. The first-order valence-electron chi connectivity index (χ1n) is 19.2. The van der Waals surface area contributed by atoms with Crippen LogP contribution < -0.4 is 0 Å². The summed E-state index contributed by atoms with van der Waals surface area (Å²) < 4.78 is 11.3. The minimum Gasteiger partial charge on any atom is -0.456 e. The van der Waals surface area contributed by atoms with Gasteiger partial charge in [-0.15, -0.1) is 0 Å². The highest BCUT2D eigenvalue weighted by Crippen LogP contribution is 2.45. The average Bonchev–Trinajstić information content (AvgIpc) is 3.94. The fourth-order valence-electron chi connectivity index (χ4n) is 9.33. The molecule has 0 saturated carbocycles. The van der Waals surface area contributed by atoms with Crippen molar-refractivity contribution in [1.82, 2.24) is 24.1 Å². The molecule has 13 aromatic rings. The second-order valence-corrected chi connectivity index (χ2v) is 14.8. The Kier molecular flexibility index (Phi) is 6.07. The molecule has 0 aliphatic rings. The van der Waals surface area contributed by atoms with Crippen LogP contribution in [-0.4, -0.2) is 24.1 Å². The van der Waals surface area contributed by atoms with E-state index in [1.54, 1.807) is 0 Å². The van der Waals surface area contributed by atoms with E-state index in [9.17, 15) is 0 Å². The SMILES string of the molecule is c1ccc(-c2nc(-c3cc4oc5cccc6c7ccccc7c(c3)c4c56)nc(-n3c4ccccc4c4ccc5c6ccccc6n(-c6ccccc6)c5c43)n2)cc1. The summed E-state index contributed by atoms with van der Waals surface area (Å²) in [5.41, 5.74) is 8.84. The summed E-state index contributed by atoms with van der Waals surface area (Å²) in [6, 6.07) is 61.8. The van der Waals surface area contributed by atoms with Gasteiger partial charge in [0.2, 0.25) is 5.95 Å². The second-order valence-electron chi connectivity index (χ2n) is 14.8. The van der Waals surface area contributed by atoms with Gasteiger partial charge in [-0.1, -0.05) is 133 Å². The number of rotatable bonds is 4. The van der Waals surface area contributed by atoms with Crippen molar-refractivity contribution >= 4 is 87.1 Å². The molecule has 264 valence electrons. The summed E-state index contributed by atoms with van der Waals surface area (Å²) in [4.78, 5) is 16.0. The van der Waals surface area contributed by atoms with Gasteiger partial charge in [0.25, 0.3) is 0 Å². The standard InChI is InChI=1S/C51H29N5O/c1-3-14-30(15-4-1)49-52-50(31-28-40-34-19-8-7-18-33(34)37-22-13-25-43-45(37)46(40)44(29-31)57-43)54-51(53-49)56-42-24-12-10-21-36(42)39-27-26-38-35-20-9-11-23-41(35)55(47(38)48(39)56)32-16-5-2-6-17-32/h1-29H. The molecule has 0 aliphatic carbocycles. The highest BCUT2D eigenvalue weighted by Gasteiger charge is 2.24. The van der Waals surface area contributed by atoms with E-state index >= 15 is 0 Å². The largest absolute Gasteiger partial charge is 0.456 e. The van der Waals surface area contributed by atoms with E-state index in [1.165, 1.54) is 21.5 Å². The van der Waals surface area contributed by atoms with Crippen molar-refractivity contribution in [1.29, 1.82) is 0 Å². The van der Waals surface area contributed by atoms with Crippen LogP contribution in [0, 0.1) is 0 Å². The Morgan fingerprint density at radius 3 is 1.61 bits per heavy atom. The zero-order valence-electron chi connectivity index (χ0n) is 30.4. The summed E-state index contributed by atoms with van der Waals surface area (Å²) >= 11 is 0. The second kappa shape index (κ2) is 11.4. The van der Waals surface area contributed by atoms with Gasteiger partial charge in [-0.2, -0.15) is 9.97 Å². The fraction of sp³-hybridized carbons (Fsp3) is 0. The number of benzene rings is 9. The van der Waals surface area contributed by atoms with Crippen molar-refractivity contribution in [3.63, 3.8) is 0 Å². The van der Waals surface area contributed by atoms with Crippen molar-refractivity contribution in [2.75, 3.05) is 0 Å². The summed E-state index contributed by atoms with van der Waals surface area (Å²) in [6.07, 6.45) is 0. The zero-order chi connectivity index (χ0) is 37.2. The molecular formula is C51H29N5O. The molecule has 0 fully saturated rings. The van der Waals surface area contributed by atoms with E-state index in [-0.39, 0.29) is 0 Å². The van der Waals surface area contributed by atoms with Crippen molar-refractivity contribution in [3.8, 4) is 34.4 Å². The highest BCUT2D eigenvalue weighted by molar-refractivity contribution is 6.33. The number of nitrogens with zero attached hydrogens (tertiary/aromatic N) is 5. The quantitative estimate of drug-likeness (QED) is 0.169. The third kappa shape index (κ3) is 4.21. The van der Waals surface area contributed by atoms with E-state index in [1.807, 2.05) is 18.2 Å². The maximum absolute atomic E-state index is 6.63. The molecule has 6 nitrogen and oxygen atoms in total. The Bertz CT molecular complexity index is 3750. The minimum absolute atomic E-state index is 0.545. The van der Waals surface area contributed by atoms with Crippen LogP contribution in [0.1, 0.15) is 0 Å². The molecule has 6 heteroatoms. The number of hydrogen-bond donors (Lipinski definition) is 0. The van der Waals surface area contributed by atoms with Crippen LogP contribution in [0.25, 0.3) is 122 Å². The van der Waals surface area contributed by atoms with E-state index < -0.39 is 0 Å². The molecule has 0 amide bonds. The lowest BCUT2D eigenvalue weighted by molar-refractivity contribution is 0.669. The minimum atomic E-state index is 0.545. The molecule has 0 unspecified atom stereocenters. The number of fused-ring (bicyclic) bond motifs is 10. The first-order valence-corrected chi connectivity index (χ1v) is 19.2. The Labute approximate surface area is 324 Å². The number of aromatic nitrogens is 5. The van der Waals surface area contributed by atoms with Gasteiger partial charge < -0.3 is 8.98 Å². The maximum Gasteiger partial charge on any atom is 0.238 e. The Morgan fingerprint density at radius 2 is 0.895 bits per heavy atom. The molecule has 0 N–H and O–H groups in total. The van der Waals surface area contributed by atoms with E-state index in [0.717, 1.165) is 82.4 Å². The number of hydrogen-bond acceptors (Lipinski definition) is 4. The molecule has 4 aromatic heterocycles. The lowest BCUT2D eigenvalue weighted by Gasteiger charge is -2.14. The first kappa shape index (κ1) is 30.5. The molecule has 4 heterocycles. The van der Waals surface area contributed by atoms with E-state index in [4.69, 9.17) is 19.4 Å². The summed E-state index contributed by atoms with van der Waals surface area (Å²) in [6.45, 7) is 0. The third-order valence-electron chi connectivity index (χ3n) is 11.7. The first-order chi connectivity index (χ1) is 28.3. The monoisotopic (exact) mass is 727 g/mol. The molecule has 13 rings (SSSR count). The van der Waals surface area contributed by atoms with Crippen LogP contribution in [0.2, 0.25) is 0 Å². The van der Waals surface area contributed by atoms with Crippen LogP contribution >= 0.6 is 0 Å². The Morgan fingerprint density at radius 1 is 0.351 bits per heavy atom. The van der Waals surface area contributed by atoms with Crippen molar-refractivity contribution < 1.29 is 4.42 Å². The van der Waals surface area contributed by atoms with Gasteiger partial charge in [-0.25, -0.2) is 4.98 Å². The normalized spacial score (nSPS) is 12.2. The van der Waals surface area contributed by atoms with Gasteiger partial charge in [-0.05, 0) is 64.0 Å². The third-order valence-corrected chi connectivity index (χ3v) is 11.7. The molecular weight excluding hydrogens is 699 g/mol. The summed E-state index contributed by atoms with van der Waals surface area (Å²) in [5, 5.41) is 11.6. The van der Waals surface area contributed by atoms with Crippen LogP contribution in [0.5, 0.6) is 0 Å². The Hall–Kier alpha value is -7.83. The molecule has 0 radical (unpaired) electrons. The molecule has 57 heavy (non-hydrogen) atoms. The van der Waals surface area contributed by atoms with Gasteiger partial charge >= 0.3 is 0 Å². The maximum atomic E-state index is 6.63. The number of furan rings is 1. The smallest absolute Gasteiger partial charge is 0.238 e. The van der Waals surface area contributed by atoms with E-state index in [2.05, 4.69) is 167 Å². The molecule has 0 spiro atoms. The van der Waals surface area contributed by atoms with Crippen molar-refractivity contribution in [3.05, 3.63) is 176 Å². The average molecular weight is 728 g/mol. The van der Waals surface area contributed by atoms with Crippen LogP contribution in [0.15, 0.2) is 180 Å². The molecule has 0 bridgehead atoms. The zero-order valence-corrected chi connectivity index (χ0v) is 30.4. The van der Waals surface area contributed by atoms with Gasteiger partial charge in [-0.3, -0.25) is 4.57 Å². The molecule has 0 saturated heterocycles. The van der Waals surface area contributed by atoms with Crippen molar-refractivity contribution in [2.45, 2.75) is 0 Å². The Balaban J connectivity index is 1.18. The summed E-state index contributed by atoms with van der Waals surface area (Å²) in [7, 11) is 0. The topological polar surface area (TPSA) is 61.7 Å². The van der Waals surface area contributed by atoms with Gasteiger partial charge in [0.15, 0.2) is 11.6 Å². The lowest BCUT2D eigenvalue weighted by Crippen LogP contribution is -2.07. The summed E-state index contributed by atoms with van der Waals surface area (Å²) in [5.74, 6) is 1.71. The molecule has 9 aromatic carbocycles. The van der Waals surface area contributed by atoms with Crippen LogP contribution in [0.4, 0.5) is 0 Å². The van der Waals surface area contributed by atoms with Gasteiger partial charge in [0.05, 0.1) is 22.1 Å². The predicted octanol–water partition coefficient (Wildman–Crippen LogP) is 13.0. The van der Waals surface area contributed by atoms with Gasteiger partial charge in [0.1, 0.15) is 11.2 Å². The highest BCUT2D eigenvalue weighted by atomic mass is 16.3. The number of para-hydroxylation sites is 3. The van der Waals surface area contributed by atoms with Crippen LogP contribution in [-0.2, 0) is 0 Å². The van der Waals surface area contributed by atoms with Gasteiger partial charge in [0, 0.05) is 49.1 Å². The molecule has 0 aliphatic heterocycles. The van der Waals surface area contributed by atoms with E-state index in [0.29, 0.717) is 17.6 Å². The van der Waals surface area contributed by atoms with Crippen molar-refractivity contribution in [2.24, 2.45) is 0 Å². The molecule has 0 atom stereocenters.